The summed E-state index contributed by atoms with van der Waals surface area (Å²) in [6.07, 6.45) is 2.82. The van der Waals surface area contributed by atoms with E-state index in [9.17, 15) is 0 Å². The highest BCUT2D eigenvalue weighted by molar-refractivity contribution is 14.0. The molecule has 0 aliphatic rings. The lowest BCUT2D eigenvalue weighted by atomic mass is 10.2. The Balaban J connectivity index is 0.00000392. The van der Waals surface area contributed by atoms with Crippen LogP contribution in [0.5, 0.6) is 5.75 Å². The molecule has 2 aromatic rings. The summed E-state index contributed by atoms with van der Waals surface area (Å²) in [7, 11) is 6.08. The normalized spacial score (nSPS) is 11.2. The molecule has 0 unspecified atom stereocenters. The lowest BCUT2D eigenvalue weighted by Crippen LogP contribution is -2.37. The summed E-state index contributed by atoms with van der Waals surface area (Å²) < 4.78 is 7.63. The van der Waals surface area contributed by atoms with Gasteiger partial charge in [0.15, 0.2) is 5.96 Å². The Kier molecular flexibility index (Phi) is 11.6. The maximum atomic E-state index is 5.77. The Morgan fingerprint density at radius 3 is 2.54 bits per heavy atom. The quantitative estimate of drug-likeness (QED) is 0.227. The van der Waals surface area contributed by atoms with Crippen molar-refractivity contribution in [1.29, 1.82) is 0 Å². The van der Waals surface area contributed by atoms with Gasteiger partial charge >= 0.3 is 0 Å². The topological polar surface area (TPSA) is 66.7 Å². The van der Waals surface area contributed by atoms with Gasteiger partial charge in [-0.3, -0.25) is 4.68 Å². The Morgan fingerprint density at radius 1 is 1.18 bits per heavy atom. The second-order valence-electron chi connectivity index (χ2n) is 6.64. The van der Waals surface area contributed by atoms with Crippen LogP contribution >= 0.6 is 24.0 Å². The molecular weight excluding hydrogens is 467 g/mol. The molecule has 8 heteroatoms. The molecule has 0 aliphatic carbocycles. The van der Waals surface area contributed by atoms with Crippen LogP contribution in [0.1, 0.15) is 24.6 Å². The highest BCUT2D eigenvalue weighted by Gasteiger charge is 2.02. The molecule has 2 N–H and O–H groups in total. The van der Waals surface area contributed by atoms with Gasteiger partial charge in [-0.2, -0.15) is 5.10 Å². The number of aliphatic imine (C=N–C) groups is 1. The average Bonchev–Trinajstić information content (AvgIpc) is 3.07. The Bertz CT molecular complexity index is 699. The summed E-state index contributed by atoms with van der Waals surface area (Å²) in [6.45, 7) is 5.94. The molecule has 2 rings (SSSR count). The third-order valence-electron chi connectivity index (χ3n) is 4.07. The summed E-state index contributed by atoms with van der Waals surface area (Å²) in [5.41, 5.74) is 2.25. The van der Waals surface area contributed by atoms with Crippen molar-refractivity contribution in [2.45, 2.75) is 26.4 Å². The maximum Gasteiger partial charge on any atom is 0.191 e. The largest absolute Gasteiger partial charge is 0.494 e. The van der Waals surface area contributed by atoms with Gasteiger partial charge < -0.3 is 20.3 Å². The fourth-order valence-corrected chi connectivity index (χ4v) is 2.52. The van der Waals surface area contributed by atoms with Gasteiger partial charge in [-0.05, 0) is 51.2 Å². The number of benzene rings is 1. The van der Waals surface area contributed by atoms with Crippen LogP contribution < -0.4 is 15.4 Å². The van der Waals surface area contributed by atoms with Gasteiger partial charge in [-0.1, -0.05) is 12.1 Å². The second-order valence-corrected chi connectivity index (χ2v) is 6.64. The molecule has 0 bridgehead atoms. The molecule has 0 amide bonds. The zero-order chi connectivity index (χ0) is 19.5. The smallest absolute Gasteiger partial charge is 0.191 e. The van der Waals surface area contributed by atoms with E-state index < -0.39 is 0 Å². The summed E-state index contributed by atoms with van der Waals surface area (Å²) in [4.78, 5) is 6.82. The van der Waals surface area contributed by atoms with Gasteiger partial charge in [0.2, 0.25) is 0 Å². The van der Waals surface area contributed by atoms with Crippen LogP contribution in [0.4, 0.5) is 0 Å². The van der Waals surface area contributed by atoms with E-state index in [0.717, 1.165) is 49.1 Å². The highest BCUT2D eigenvalue weighted by Crippen LogP contribution is 2.13. The molecule has 0 saturated carbocycles. The first-order valence-electron chi connectivity index (χ1n) is 9.44. The standard InChI is InChI=1S/C20H32N6O.HI/c1-5-21-20(23-16-18-11-12-24-26(18)4)22-15-17-7-9-19(10-8-17)27-14-6-13-25(2)3;/h7-12H,5-6,13-16H2,1-4H3,(H2,21,22,23);1H. The zero-order valence-corrected chi connectivity index (χ0v) is 19.6. The molecule has 28 heavy (non-hydrogen) atoms. The summed E-state index contributed by atoms with van der Waals surface area (Å²) in [5.74, 6) is 1.70. The van der Waals surface area contributed by atoms with E-state index in [4.69, 9.17) is 4.74 Å². The van der Waals surface area contributed by atoms with Crippen molar-refractivity contribution >= 4 is 29.9 Å². The second kappa shape index (κ2) is 13.4. The SMILES string of the molecule is CCNC(=NCc1ccc(OCCCN(C)C)cc1)NCc1ccnn1C.I. The van der Waals surface area contributed by atoms with Crippen LogP contribution in [0.25, 0.3) is 0 Å². The van der Waals surface area contributed by atoms with Crippen LogP contribution in [-0.2, 0) is 20.1 Å². The van der Waals surface area contributed by atoms with Gasteiger partial charge in [0.1, 0.15) is 5.75 Å². The lowest BCUT2D eigenvalue weighted by molar-refractivity contribution is 0.281. The number of hydrogen-bond donors (Lipinski definition) is 2. The van der Waals surface area contributed by atoms with Crippen molar-refractivity contribution in [3.8, 4) is 5.75 Å². The number of halogens is 1. The van der Waals surface area contributed by atoms with E-state index in [1.54, 1.807) is 6.20 Å². The van der Waals surface area contributed by atoms with E-state index in [2.05, 4.69) is 58.8 Å². The minimum absolute atomic E-state index is 0. The summed E-state index contributed by atoms with van der Waals surface area (Å²) >= 11 is 0. The molecule has 0 aliphatic heterocycles. The predicted molar refractivity (Wildman–Crippen MR) is 125 cm³/mol. The molecule has 7 nitrogen and oxygen atoms in total. The molecule has 0 atom stereocenters. The van der Waals surface area contributed by atoms with Crippen molar-refractivity contribution in [2.75, 3.05) is 33.8 Å². The van der Waals surface area contributed by atoms with Gasteiger partial charge in [0.05, 0.1) is 25.4 Å². The van der Waals surface area contributed by atoms with Gasteiger partial charge in [-0.15, -0.1) is 24.0 Å². The van der Waals surface area contributed by atoms with E-state index in [1.807, 2.05) is 29.9 Å². The van der Waals surface area contributed by atoms with Crippen LogP contribution in [0.2, 0.25) is 0 Å². The van der Waals surface area contributed by atoms with Crippen molar-refractivity contribution < 1.29 is 4.74 Å². The van der Waals surface area contributed by atoms with E-state index in [0.29, 0.717) is 13.1 Å². The first-order valence-corrected chi connectivity index (χ1v) is 9.44. The minimum atomic E-state index is 0. The fraction of sp³-hybridized carbons (Fsp3) is 0.500. The van der Waals surface area contributed by atoms with E-state index in [-0.39, 0.29) is 24.0 Å². The monoisotopic (exact) mass is 500 g/mol. The Labute approximate surface area is 185 Å². The predicted octanol–water partition coefficient (Wildman–Crippen LogP) is 2.62. The summed E-state index contributed by atoms with van der Waals surface area (Å²) in [5, 5.41) is 10.8. The number of guanidine groups is 1. The lowest BCUT2D eigenvalue weighted by Gasteiger charge is -2.12. The highest BCUT2D eigenvalue weighted by atomic mass is 127. The van der Waals surface area contributed by atoms with Crippen molar-refractivity contribution in [3.63, 3.8) is 0 Å². The maximum absolute atomic E-state index is 5.77. The van der Waals surface area contributed by atoms with Crippen LogP contribution in [0, 0.1) is 0 Å². The molecule has 0 saturated heterocycles. The van der Waals surface area contributed by atoms with E-state index >= 15 is 0 Å². The number of hydrogen-bond acceptors (Lipinski definition) is 4. The molecule has 0 fully saturated rings. The van der Waals surface area contributed by atoms with Crippen molar-refractivity contribution in [2.24, 2.45) is 12.0 Å². The zero-order valence-electron chi connectivity index (χ0n) is 17.3. The molecule has 1 heterocycles. The first-order chi connectivity index (χ1) is 13.1. The third kappa shape index (κ3) is 8.92. The first kappa shape index (κ1) is 24.2. The number of nitrogens with zero attached hydrogens (tertiary/aromatic N) is 4. The third-order valence-corrected chi connectivity index (χ3v) is 4.07. The molecule has 0 spiro atoms. The van der Waals surface area contributed by atoms with Crippen LogP contribution in [-0.4, -0.2) is 54.4 Å². The van der Waals surface area contributed by atoms with Gasteiger partial charge in [0.25, 0.3) is 0 Å². The molecule has 1 aromatic carbocycles. The molecule has 1 aromatic heterocycles. The van der Waals surface area contributed by atoms with E-state index in [1.165, 1.54) is 0 Å². The number of rotatable bonds is 10. The number of aromatic nitrogens is 2. The number of aryl methyl sites for hydroxylation is 1. The average molecular weight is 500 g/mol. The molecule has 156 valence electrons. The minimum Gasteiger partial charge on any atom is -0.494 e. The Morgan fingerprint density at radius 2 is 1.93 bits per heavy atom. The molecule has 0 radical (unpaired) electrons. The summed E-state index contributed by atoms with van der Waals surface area (Å²) in [6, 6.07) is 10.1. The van der Waals surface area contributed by atoms with Gasteiger partial charge in [0, 0.05) is 26.3 Å². The Hall–Kier alpha value is -1.81. The van der Waals surface area contributed by atoms with Crippen LogP contribution in [0.3, 0.4) is 0 Å². The van der Waals surface area contributed by atoms with Crippen molar-refractivity contribution in [1.82, 2.24) is 25.3 Å². The van der Waals surface area contributed by atoms with Gasteiger partial charge in [-0.25, -0.2) is 4.99 Å². The number of nitrogens with one attached hydrogen (secondary N) is 2. The molecular formula is C20H33IN6O. The van der Waals surface area contributed by atoms with Crippen LogP contribution in [0.15, 0.2) is 41.5 Å². The fourth-order valence-electron chi connectivity index (χ4n) is 2.52. The number of ether oxygens (including phenoxy) is 1. The van der Waals surface area contributed by atoms with Crippen molar-refractivity contribution in [3.05, 3.63) is 47.8 Å².